The normalized spacial score (nSPS) is 23.8. The fourth-order valence-corrected chi connectivity index (χ4v) is 3.16. The van der Waals surface area contributed by atoms with Gasteiger partial charge in [-0.15, -0.1) is 0 Å². The van der Waals surface area contributed by atoms with Gasteiger partial charge < -0.3 is 5.32 Å². The molecule has 1 saturated heterocycles. The largest absolute Gasteiger partial charge is 0.313 e. The molecule has 1 fully saturated rings. The summed E-state index contributed by atoms with van der Waals surface area (Å²) in [5.41, 5.74) is 0. The molecule has 2 heteroatoms. The lowest BCUT2D eigenvalue weighted by molar-refractivity contribution is 0.185. The minimum Gasteiger partial charge on any atom is -0.313 e. The van der Waals surface area contributed by atoms with Crippen LogP contribution in [-0.2, 0) is 0 Å². The average molecular weight is 268 g/mol. The molecule has 1 heterocycles. The molecule has 0 aromatic rings. The summed E-state index contributed by atoms with van der Waals surface area (Å²) >= 11 is 0. The van der Waals surface area contributed by atoms with E-state index in [9.17, 15) is 0 Å². The second kappa shape index (κ2) is 8.97. The Morgan fingerprint density at radius 2 is 1.79 bits per heavy atom. The van der Waals surface area contributed by atoms with Gasteiger partial charge in [0.2, 0.25) is 0 Å². The van der Waals surface area contributed by atoms with E-state index in [-0.39, 0.29) is 0 Å². The van der Waals surface area contributed by atoms with Crippen molar-refractivity contribution in [1.82, 2.24) is 10.2 Å². The van der Waals surface area contributed by atoms with Crippen LogP contribution in [0.2, 0.25) is 0 Å². The van der Waals surface area contributed by atoms with Gasteiger partial charge in [0.15, 0.2) is 0 Å². The van der Waals surface area contributed by atoms with Crippen molar-refractivity contribution in [3.05, 3.63) is 0 Å². The number of nitrogens with zero attached hydrogens (tertiary/aromatic N) is 1. The fraction of sp³-hybridized carbons (Fsp3) is 1.00. The van der Waals surface area contributed by atoms with Crippen molar-refractivity contribution >= 4 is 0 Å². The van der Waals surface area contributed by atoms with Crippen molar-refractivity contribution in [2.75, 3.05) is 19.6 Å². The Hall–Kier alpha value is -0.0800. The van der Waals surface area contributed by atoms with Gasteiger partial charge >= 0.3 is 0 Å². The van der Waals surface area contributed by atoms with Crippen molar-refractivity contribution in [3.63, 3.8) is 0 Å². The molecule has 114 valence electrons. The maximum atomic E-state index is 3.73. The molecule has 0 aliphatic carbocycles. The quantitative estimate of drug-likeness (QED) is 0.753. The van der Waals surface area contributed by atoms with Gasteiger partial charge in [-0.1, -0.05) is 40.5 Å². The first kappa shape index (κ1) is 17.0. The van der Waals surface area contributed by atoms with E-state index >= 15 is 0 Å². The van der Waals surface area contributed by atoms with E-state index in [4.69, 9.17) is 0 Å². The zero-order valence-corrected chi connectivity index (χ0v) is 13.9. The molecule has 0 aromatic heterocycles. The van der Waals surface area contributed by atoms with Crippen LogP contribution in [0.3, 0.4) is 0 Å². The molecule has 1 N–H and O–H groups in total. The van der Waals surface area contributed by atoms with Gasteiger partial charge in [-0.2, -0.15) is 0 Å². The summed E-state index contributed by atoms with van der Waals surface area (Å²) in [6, 6.07) is 1.46. The molecular weight excluding hydrogens is 232 g/mol. The van der Waals surface area contributed by atoms with Crippen LogP contribution in [-0.4, -0.2) is 36.6 Å². The molecular formula is C17H36N2. The number of hydrogen-bond donors (Lipinski definition) is 1. The highest BCUT2D eigenvalue weighted by Crippen LogP contribution is 2.16. The molecule has 0 saturated carbocycles. The van der Waals surface area contributed by atoms with Crippen LogP contribution in [0.25, 0.3) is 0 Å². The summed E-state index contributed by atoms with van der Waals surface area (Å²) in [5, 5.41) is 3.73. The van der Waals surface area contributed by atoms with Crippen molar-refractivity contribution in [2.24, 2.45) is 11.8 Å². The Morgan fingerprint density at radius 3 is 2.42 bits per heavy atom. The van der Waals surface area contributed by atoms with E-state index < -0.39 is 0 Å². The van der Waals surface area contributed by atoms with Crippen molar-refractivity contribution in [2.45, 2.75) is 78.8 Å². The van der Waals surface area contributed by atoms with Crippen LogP contribution in [0.1, 0.15) is 66.7 Å². The maximum Gasteiger partial charge on any atom is 0.0197 e. The third-order valence-corrected chi connectivity index (χ3v) is 4.29. The highest BCUT2D eigenvalue weighted by Gasteiger charge is 2.21. The maximum absolute atomic E-state index is 3.73. The Balaban J connectivity index is 2.36. The molecule has 19 heavy (non-hydrogen) atoms. The molecule has 0 bridgehead atoms. The number of rotatable bonds is 7. The van der Waals surface area contributed by atoms with E-state index in [2.05, 4.69) is 44.8 Å². The predicted molar refractivity (Wildman–Crippen MR) is 85.6 cm³/mol. The number of nitrogens with one attached hydrogen (secondary N) is 1. The zero-order valence-electron chi connectivity index (χ0n) is 13.9. The number of hydrogen-bond acceptors (Lipinski definition) is 2. The van der Waals surface area contributed by atoms with Crippen LogP contribution < -0.4 is 5.32 Å². The first-order valence-corrected chi connectivity index (χ1v) is 8.46. The van der Waals surface area contributed by atoms with Gasteiger partial charge in [-0.25, -0.2) is 0 Å². The van der Waals surface area contributed by atoms with Crippen molar-refractivity contribution < 1.29 is 0 Å². The van der Waals surface area contributed by atoms with Gasteiger partial charge in [-0.3, -0.25) is 4.90 Å². The van der Waals surface area contributed by atoms with Gasteiger partial charge in [0.1, 0.15) is 0 Å². The van der Waals surface area contributed by atoms with Crippen LogP contribution in [0.15, 0.2) is 0 Å². The third kappa shape index (κ3) is 7.31. The van der Waals surface area contributed by atoms with Crippen molar-refractivity contribution in [1.29, 1.82) is 0 Å². The molecule has 1 aliphatic rings. The zero-order chi connectivity index (χ0) is 14.3. The SMILES string of the molecule is CC(C)CCCC(C)N1CCCNC(CC(C)C)C1. The smallest absolute Gasteiger partial charge is 0.0197 e. The summed E-state index contributed by atoms with van der Waals surface area (Å²) in [5.74, 6) is 1.65. The molecule has 0 spiro atoms. The van der Waals surface area contributed by atoms with Crippen LogP contribution >= 0.6 is 0 Å². The summed E-state index contributed by atoms with van der Waals surface area (Å²) in [6.07, 6.45) is 6.76. The molecule has 2 nitrogen and oxygen atoms in total. The predicted octanol–water partition coefficient (Wildman–Crippen LogP) is 3.91. The Kier molecular flexibility index (Phi) is 8.01. The lowest BCUT2D eigenvalue weighted by Crippen LogP contribution is -2.42. The molecule has 0 amide bonds. The first-order chi connectivity index (χ1) is 8.99. The Labute approximate surface area is 121 Å². The van der Waals surface area contributed by atoms with E-state index in [0.29, 0.717) is 6.04 Å². The lowest BCUT2D eigenvalue weighted by atomic mass is 10.0. The van der Waals surface area contributed by atoms with Crippen LogP contribution in [0, 0.1) is 11.8 Å². The second-order valence-corrected chi connectivity index (χ2v) is 7.30. The molecule has 2 atom stereocenters. The molecule has 0 radical (unpaired) electrons. The molecule has 0 aromatic carbocycles. The molecule has 1 aliphatic heterocycles. The van der Waals surface area contributed by atoms with Crippen LogP contribution in [0.4, 0.5) is 0 Å². The van der Waals surface area contributed by atoms with Crippen LogP contribution in [0.5, 0.6) is 0 Å². The average Bonchev–Trinajstić information content (AvgIpc) is 2.53. The standard InChI is InChI=1S/C17H36N2/c1-14(2)8-6-9-16(5)19-11-7-10-18-17(13-19)12-15(3)4/h14-18H,6-13H2,1-5H3. The summed E-state index contributed by atoms with van der Waals surface area (Å²) in [6.45, 7) is 15.5. The minimum atomic E-state index is 0.704. The Bertz CT molecular complexity index is 225. The fourth-order valence-electron chi connectivity index (χ4n) is 3.16. The highest BCUT2D eigenvalue weighted by atomic mass is 15.2. The van der Waals surface area contributed by atoms with E-state index in [1.807, 2.05) is 0 Å². The van der Waals surface area contributed by atoms with Gasteiger partial charge in [0.25, 0.3) is 0 Å². The minimum absolute atomic E-state index is 0.704. The van der Waals surface area contributed by atoms with E-state index in [1.54, 1.807) is 0 Å². The summed E-state index contributed by atoms with van der Waals surface area (Å²) < 4.78 is 0. The monoisotopic (exact) mass is 268 g/mol. The van der Waals surface area contributed by atoms with Crippen molar-refractivity contribution in [3.8, 4) is 0 Å². The van der Waals surface area contributed by atoms with E-state index in [0.717, 1.165) is 17.9 Å². The van der Waals surface area contributed by atoms with Gasteiger partial charge in [0.05, 0.1) is 0 Å². The molecule has 2 unspecified atom stereocenters. The summed E-state index contributed by atoms with van der Waals surface area (Å²) in [7, 11) is 0. The van der Waals surface area contributed by atoms with E-state index in [1.165, 1.54) is 51.7 Å². The molecule has 1 rings (SSSR count). The highest BCUT2D eigenvalue weighted by molar-refractivity contribution is 4.80. The van der Waals surface area contributed by atoms with Gasteiger partial charge in [0, 0.05) is 18.6 Å². The third-order valence-electron chi connectivity index (χ3n) is 4.29. The Morgan fingerprint density at radius 1 is 1.05 bits per heavy atom. The summed E-state index contributed by atoms with van der Waals surface area (Å²) in [4.78, 5) is 2.73. The van der Waals surface area contributed by atoms with Gasteiger partial charge in [-0.05, 0) is 51.1 Å². The first-order valence-electron chi connectivity index (χ1n) is 8.46. The second-order valence-electron chi connectivity index (χ2n) is 7.30. The topological polar surface area (TPSA) is 15.3 Å². The lowest BCUT2D eigenvalue weighted by Gasteiger charge is -2.31.